The minimum Gasteiger partial charge on any atom is -0.481 e. The standard InChI is InChI=1S/C22H28N2O3/c1-15(27-17-11-9-10-16(14-17)22(2,3)4)20(25)23-19-13-8-7-12-18(19)21(26)24(5)6/h7-15H,1-6H3,(H,23,25). The molecule has 0 fully saturated rings. The summed E-state index contributed by atoms with van der Waals surface area (Å²) in [6.45, 7) is 8.07. The molecule has 0 spiro atoms. The van der Waals surface area contributed by atoms with Crippen LogP contribution in [-0.4, -0.2) is 36.9 Å². The summed E-state index contributed by atoms with van der Waals surface area (Å²) in [5, 5.41) is 2.80. The summed E-state index contributed by atoms with van der Waals surface area (Å²) in [6, 6.07) is 14.7. The van der Waals surface area contributed by atoms with Crippen LogP contribution in [0.15, 0.2) is 48.5 Å². The number of carbonyl (C=O) groups is 2. The molecule has 0 aliphatic carbocycles. The molecular formula is C22H28N2O3. The van der Waals surface area contributed by atoms with E-state index in [-0.39, 0.29) is 17.2 Å². The molecule has 0 radical (unpaired) electrons. The van der Waals surface area contributed by atoms with Crippen molar-refractivity contribution in [3.8, 4) is 5.75 Å². The maximum absolute atomic E-state index is 12.6. The summed E-state index contributed by atoms with van der Waals surface area (Å²) in [7, 11) is 3.35. The summed E-state index contributed by atoms with van der Waals surface area (Å²) >= 11 is 0. The lowest BCUT2D eigenvalue weighted by Crippen LogP contribution is -2.31. The van der Waals surface area contributed by atoms with Crippen molar-refractivity contribution in [3.05, 3.63) is 59.7 Å². The Morgan fingerprint density at radius 1 is 1.04 bits per heavy atom. The van der Waals surface area contributed by atoms with Gasteiger partial charge in [0.1, 0.15) is 5.75 Å². The molecule has 2 rings (SSSR count). The van der Waals surface area contributed by atoms with Gasteiger partial charge in [-0.1, -0.05) is 45.0 Å². The number of anilines is 1. The molecular weight excluding hydrogens is 340 g/mol. The summed E-state index contributed by atoms with van der Waals surface area (Å²) in [4.78, 5) is 26.3. The third-order valence-electron chi connectivity index (χ3n) is 4.20. The molecule has 2 aromatic rings. The average molecular weight is 368 g/mol. The van der Waals surface area contributed by atoms with Crippen LogP contribution in [0.5, 0.6) is 5.75 Å². The molecule has 0 bridgehead atoms. The molecule has 1 N–H and O–H groups in total. The molecule has 1 atom stereocenters. The zero-order valence-electron chi connectivity index (χ0n) is 16.9. The highest BCUT2D eigenvalue weighted by molar-refractivity contribution is 6.04. The van der Waals surface area contributed by atoms with Gasteiger partial charge >= 0.3 is 0 Å². The Morgan fingerprint density at radius 3 is 2.33 bits per heavy atom. The summed E-state index contributed by atoms with van der Waals surface area (Å²) < 4.78 is 5.82. The smallest absolute Gasteiger partial charge is 0.265 e. The Balaban J connectivity index is 2.13. The molecule has 27 heavy (non-hydrogen) atoms. The quantitative estimate of drug-likeness (QED) is 0.865. The van der Waals surface area contributed by atoms with E-state index >= 15 is 0 Å². The van der Waals surface area contributed by atoms with Gasteiger partial charge in [-0.25, -0.2) is 0 Å². The third-order valence-corrected chi connectivity index (χ3v) is 4.20. The number of para-hydroxylation sites is 1. The SMILES string of the molecule is CC(Oc1cccc(C(C)(C)C)c1)C(=O)Nc1ccccc1C(=O)N(C)C. The minimum absolute atomic E-state index is 0.00362. The van der Waals surface area contributed by atoms with Crippen LogP contribution in [0.1, 0.15) is 43.6 Å². The van der Waals surface area contributed by atoms with Crippen molar-refractivity contribution < 1.29 is 14.3 Å². The molecule has 1 unspecified atom stereocenters. The van der Waals surface area contributed by atoms with Crippen LogP contribution < -0.4 is 10.1 Å². The van der Waals surface area contributed by atoms with E-state index in [0.29, 0.717) is 17.0 Å². The lowest BCUT2D eigenvalue weighted by atomic mass is 9.87. The van der Waals surface area contributed by atoms with E-state index in [9.17, 15) is 9.59 Å². The second-order valence-corrected chi connectivity index (χ2v) is 7.77. The lowest BCUT2D eigenvalue weighted by molar-refractivity contribution is -0.122. The largest absolute Gasteiger partial charge is 0.481 e. The van der Waals surface area contributed by atoms with Gasteiger partial charge in [0, 0.05) is 14.1 Å². The highest BCUT2D eigenvalue weighted by Gasteiger charge is 2.20. The van der Waals surface area contributed by atoms with Gasteiger partial charge < -0.3 is 15.0 Å². The van der Waals surface area contributed by atoms with E-state index in [1.165, 1.54) is 4.90 Å². The molecule has 0 saturated carbocycles. The molecule has 2 amide bonds. The normalized spacial score (nSPS) is 12.2. The number of carbonyl (C=O) groups excluding carboxylic acids is 2. The van der Waals surface area contributed by atoms with Crippen molar-refractivity contribution in [3.63, 3.8) is 0 Å². The number of amides is 2. The van der Waals surface area contributed by atoms with Crippen LogP contribution in [0.2, 0.25) is 0 Å². The maximum Gasteiger partial charge on any atom is 0.265 e. The van der Waals surface area contributed by atoms with Crippen LogP contribution in [0, 0.1) is 0 Å². The van der Waals surface area contributed by atoms with E-state index in [0.717, 1.165) is 5.56 Å². The molecule has 5 nitrogen and oxygen atoms in total. The number of rotatable bonds is 5. The van der Waals surface area contributed by atoms with E-state index in [1.54, 1.807) is 45.3 Å². The molecule has 0 aliphatic rings. The van der Waals surface area contributed by atoms with Gasteiger partial charge in [-0.15, -0.1) is 0 Å². The number of benzene rings is 2. The number of nitrogens with one attached hydrogen (secondary N) is 1. The van der Waals surface area contributed by atoms with Gasteiger partial charge in [0.2, 0.25) is 0 Å². The fraction of sp³-hybridized carbons (Fsp3) is 0.364. The van der Waals surface area contributed by atoms with Gasteiger partial charge in [0.25, 0.3) is 11.8 Å². The molecule has 0 aliphatic heterocycles. The fourth-order valence-corrected chi connectivity index (χ4v) is 2.55. The van der Waals surface area contributed by atoms with Gasteiger partial charge in [-0.05, 0) is 42.2 Å². The average Bonchev–Trinajstić information content (AvgIpc) is 2.61. The van der Waals surface area contributed by atoms with Crippen LogP contribution in [0.3, 0.4) is 0 Å². The van der Waals surface area contributed by atoms with Crippen LogP contribution in [0.4, 0.5) is 5.69 Å². The predicted molar refractivity (Wildman–Crippen MR) is 108 cm³/mol. The first-order chi connectivity index (χ1) is 12.6. The van der Waals surface area contributed by atoms with Crippen LogP contribution in [-0.2, 0) is 10.2 Å². The van der Waals surface area contributed by atoms with Crippen molar-refractivity contribution >= 4 is 17.5 Å². The van der Waals surface area contributed by atoms with Gasteiger partial charge in [0.05, 0.1) is 11.3 Å². The monoisotopic (exact) mass is 368 g/mol. The fourth-order valence-electron chi connectivity index (χ4n) is 2.55. The number of hydrogen-bond donors (Lipinski definition) is 1. The van der Waals surface area contributed by atoms with Gasteiger partial charge in [-0.2, -0.15) is 0 Å². The van der Waals surface area contributed by atoms with E-state index in [4.69, 9.17) is 4.74 Å². The van der Waals surface area contributed by atoms with Gasteiger partial charge in [0.15, 0.2) is 6.10 Å². The minimum atomic E-state index is -0.706. The summed E-state index contributed by atoms with van der Waals surface area (Å²) in [5.74, 6) is 0.162. The highest BCUT2D eigenvalue weighted by Crippen LogP contribution is 2.26. The molecule has 0 aromatic heterocycles. The van der Waals surface area contributed by atoms with Crippen molar-refractivity contribution in [1.82, 2.24) is 4.90 Å². The molecule has 144 valence electrons. The Bertz CT molecular complexity index is 822. The third kappa shape index (κ3) is 5.33. The van der Waals surface area contributed by atoms with Crippen molar-refractivity contribution in [2.24, 2.45) is 0 Å². The highest BCUT2D eigenvalue weighted by atomic mass is 16.5. The first-order valence-electron chi connectivity index (χ1n) is 8.98. The molecule has 0 heterocycles. The topological polar surface area (TPSA) is 58.6 Å². The molecule has 5 heteroatoms. The zero-order valence-corrected chi connectivity index (χ0v) is 16.9. The van der Waals surface area contributed by atoms with Crippen LogP contribution in [0.25, 0.3) is 0 Å². The zero-order chi connectivity index (χ0) is 20.2. The lowest BCUT2D eigenvalue weighted by Gasteiger charge is -2.21. The summed E-state index contributed by atoms with van der Waals surface area (Å²) in [5.41, 5.74) is 2.04. The Labute approximate surface area is 161 Å². The Hall–Kier alpha value is -2.82. The van der Waals surface area contributed by atoms with E-state index in [2.05, 4.69) is 26.1 Å². The van der Waals surface area contributed by atoms with E-state index < -0.39 is 6.10 Å². The first kappa shape index (κ1) is 20.5. The van der Waals surface area contributed by atoms with Crippen molar-refractivity contribution in [2.45, 2.75) is 39.2 Å². The maximum atomic E-state index is 12.6. The van der Waals surface area contributed by atoms with Crippen molar-refractivity contribution in [2.75, 3.05) is 19.4 Å². The first-order valence-corrected chi connectivity index (χ1v) is 8.98. The van der Waals surface area contributed by atoms with Crippen LogP contribution >= 0.6 is 0 Å². The summed E-state index contributed by atoms with van der Waals surface area (Å²) in [6.07, 6.45) is -0.706. The molecule has 2 aromatic carbocycles. The predicted octanol–water partition coefficient (Wildman–Crippen LogP) is 4.09. The molecule has 0 saturated heterocycles. The number of ether oxygens (including phenoxy) is 1. The number of hydrogen-bond acceptors (Lipinski definition) is 3. The second-order valence-electron chi connectivity index (χ2n) is 7.77. The van der Waals surface area contributed by atoms with E-state index in [1.807, 2.05) is 24.3 Å². The van der Waals surface area contributed by atoms with Gasteiger partial charge in [-0.3, -0.25) is 9.59 Å². The number of nitrogens with zero attached hydrogens (tertiary/aromatic N) is 1. The second kappa shape index (κ2) is 8.25. The Morgan fingerprint density at radius 2 is 1.70 bits per heavy atom. The Kier molecular flexibility index (Phi) is 6.26. The van der Waals surface area contributed by atoms with Crippen molar-refractivity contribution in [1.29, 1.82) is 0 Å².